The van der Waals surface area contributed by atoms with Crippen molar-refractivity contribution in [3.8, 4) is 5.88 Å². The van der Waals surface area contributed by atoms with E-state index in [1.54, 1.807) is 17.0 Å². The maximum atomic E-state index is 14.6. The maximum absolute atomic E-state index is 14.6. The lowest BCUT2D eigenvalue weighted by Gasteiger charge is -2.30. The Morgan fingerprint density at radius 3 is 2.69 bits per heavy atom. The molecule has 1 atom stereocenters. The molecule has 1 unspecified atom stereocenters. The molecule has 0 spiro atoms. The zero-order chi connectivity index (χ0) is 20.5. The fourth-order valence-electron chi connectivity index (χ4n) is 3.71. The van der Waals surface area contributed by atoms with Crippen LogP contribution in [0.1, 0.15) is 18.4 Å². The first-order valence-corrected chi connectivity index (χ1v) is 10.9. The second kappa shape index (κ2) is 7.94. The van der Waals surface area contributed by atoms with Crippen LogP contribution < -0.4 is 9.64 Å². The highest BCUT2D eigenvalue weighted by Gasteiger charge is 2.30. The van der Waals surface area contributed by atoms with Gasteiger partial charge in [0.2, 0.25) is 5.88 Å². The number of carboxylic acid groups (broad SMARTS) is 1. The van der Waals surface area contributed by atoms with Crippen LogP contribution in [-0.2, 0) is 17.2 Å². The van der Waals surface area contributed by atoms with Crippen molar-refractivity contribution >= 4 is 28.4 Å². The lowest BCUT2D eigenvalue weighted by molar-refractivity contribution is 0.0865. The number of ether oxygens (including phenoxy) is 1. The van der Waals surface area contributed by atoms with E-state index in [0.29, 0.717) is 61.2 Å². The number of amides is 1. The average molecular weight is 420 g/mol. The highest BCUT2D eigenvalue weighted by molar-refractivity contribution is 7.84. The van der Waals surface area contributed by atoms with Gasteiger partial charge < -0.3 is 19.6 Å². The van der Waals surface area contributed by atoms with Gasteiger partial charge in [-0.3, -0.25) is 4.21 Å². The van der Waals surface area contributed by atoms with Crippen molar-refractivity contribution in [2.75, 3.05) is 30.8 Å². The normalized spacial score (nSPS) is 17.9. The Labute approximate surface area is 169 Å². The standard InChI is InChI=1S/C19H21FN4O4S/c1-29(27)13-2-3-16(15(20)10-13)24-9-6-14-17(24)21-11-22-18(14)28-12-4-7-23(8-5-12)19(25)26/h2-3,10-12H,4-9H2,1H3,(H,25,26). The van der Waals surface area contributed by atoms with Crippen molar-refractivity contribution in [1.29, 1.82) is 0 Å². The molecule has 154 valence electrons. The smallest absolute Gasteiger partial charge is 0.407 e. The molecule has 2 aromatic rings. The lowest BCUT2D eigenvalue weighted by atomic mass is 10.1. The number of rotatable bonds is 4. The molecule has 2 aliphatic heterocycles. The second-order valence-corrected chi connectivity index (χ2v) is 8.42. The third kappa shape index (κ3) is 3.89. The summed E-state index contributed by atoms with van der Waals surface area (Å²) in [6, 6.07) is 4.56. The summed E-state index contributed by atoms with van der Waals surface area (Å²) in [6.07, 6.45) is 3.68. The van der Waals surface area contributed by atoms with Gasteiger partial charge in [0.25, 0.3) is 0 Å². The third-order valence-corrected chi connectivity index (χ3v) is 6.17. The van der Waals surface area contributed by atoms with Crippen molar-refractivity contribution in [3.05, 3.63) is 35.9 Å². The predicted octanol–water partition coefficient (Wildman–Crippen LogP) is 2.57. The van der Waals surface area contributed by atoms with E-state index in [4.69, 9.17) is 9.84 Å². The SMILES string of the molecule is CS(=O)c1ccc(N2CCc3c(OC4CCN(C(=O)O)CC4)ncnc32)c(F)c1. The molecule has 29 heavy (non-hydrogen) atoms. The van der Waals surface area contributed by atoms with Crippen LogP contribution in [0.25, 0.3) is 0 Å². The van der Waals surface area contributed by atoms with Crippen molar-refractivity contribution in [2.45, 2.75) is 30.3 Å². The van der Waals surface area contributed by atoms with Gasteiger partial charge in [-0.25, -0.2) is 19.2 Å². The number of hydrogen-bond donors (Lipinski definition) is 1. The first kappa shape index (κ1) is 19.6. The van der Waals surface area contributed by atoms with Gasteiger partial charge in [-0.05, 0) is 24.6 Å². The quantitative estimate of drug-likeness (QED) is 0.812. The van der Waals surface area contributed by atoms with Gasteiger partial charge >= 0.3 is 6.09 Å². The van der Waals surface area contributed by atoms with Crippen molar-refractivity contribution in [1.82, 2.24) is 14.9 Å². The molecular formula is C19H21FN4O4S. The number of hydrogen-bond acceptors (Lipinski definition) is 6. The molecule has 10 heteroatoms. The van der Waals surface area contributed by atoms with Crippen LogP contribution >= 0.6 is 0 Å². The first-order chi connectivity index (χ1) is 13.9. The molecule has 0 bridgehead atoms. The Kier molecular flexibility index (Phi) is 5.35. The van der Waals surface area contributed by atoms with Gasteiger partial charge in [-0.1, -0.05) is 0 Å². The van der Waals surface area contributed by atoms with E-state index in [1.807, 2.05) is 0 Å². The average Bonchev–Trinajstić information content (AvgIpc) is 3.13. The number of aromatic nitrogens is 2. The molecule has 3 heterocycles. The van der Waals surface area contributed by atoms with Gasteiger partial charge in [-0.2, -0.15) is 0 Å². The van der Waals surface area contributed by atoms with Crippen molar-refractivity contribution in [2.24, 2.45) is 0 Å². The largest absolute Gasteiger partial charge is 0.474 e. The summed E-state index contributed by atoms with van der Waals surface area (Å²) in [6.45, 7) is 1.39. The summed E-state index contributed by atoms with van der Waals surface area (Å²) in [7, 11) is -1.25. The molecule has 0 aliphatic carbocycles. The summed E-state index contributed by atoms with van der Waals surface area (Å²) < 4.78 is 32.3. The van der Waals surface area contributed by atoms with Gasteiger partial charge in [0.15, 0.2) is 0 Å². The molecule has 0 saturated carbocycles. The Morgan fingerprint density at radius 2 is 2.03 bits per heavy atom. The highest BCUT2D eigenvalue weighted by Crippen LogP contribution is 2.38. The van der Waals surface area contributed by atoms with E-state index in [-0.39, 0.29) is 6.10 Å². The molecular weight excluding hydrogens is 399 g/mol. The summed E-state index contributed by atoms with van der Waals surface area (Å²) in [5.74, 6) is 0.618. The summed E-state index contributed by atoms with van der Waals surface area (Å²) in [5.41, 5.74) is 1.19. The Balaban J connectivity index is 1.53. The molecule has 1 fully saturated rings. The fraction of sp³-hybridized carbons (Fsp3) is 0.421. The molecule has 1 N–H and O–H groups in total. The van der Waals surface area contributed by atoms with Crippen LogP contribution in [0, 0.1) is 5.82 Å². The summed E-state index contributed by atoms with van der Waals surface area (Å²) in [4.78, 5) is 23.2. The van der Waals surface area contributed by atoms with Crippen LogP contribution in [0.4, 0.5) is 20.7 Å². The fourth-order valence-corrected chi connectivity index (χ4v) is 4.24. The second-order valence-electron chi connectivity index (χ2n) is 7.04. The molecule has 8 nitrogen and oxygen atoms in total. The van der Waals surface area contributed by atoms with E-state index in [9.17, 15) is 13.4 Å². The monoisotopic (exact) mass is 420 g/mol. The van der Waals surface area contributed by atoms with Crippen molar-refractivity contribution < 1.29 is 23.2 Å². The molecule has 1 amide bonds. The number of anilines is 2. The van der Waals surface area contributed by atoms with Crippen LogP contribution in [0.3, 0.4) is 0 Å². The van der Waals surface area contributed by atoms with E-state index in [2.05, 4.69) is 9.97 Å². The summed E-state index contributed by atoms with van der Waals surface area (Å²) in [5, 5.41) is 9.06. The zero-order valence-corrected chi connectivity index (χ0v) is 16.7. The third-order valence-electron chi connectivity index (χ3n) is 5.26. The minimum absolute atomic E-state index is 0.116. The molecule has 1 aromatic carbocycles. The highest BCUT2D eigenvalue weighted by atomic mass is 32.2. The Hall–Kier alpha value is -2.75. The van der Waals surface area contributed by atoms with Gasteiger partial charge in [0.1, 0.15) is 24.1 Å². The predicted molar refractivity (Wildman–Crippen MR) is 105 cm³/mol. The topological polar surface area (TPSA) is 95.9 Å². The number of fused-ring (bicyclic) bond motifs is 1. The van der Waals surface area contributed by atoms with Crippen LogP contribution in [0.15, 0.2) is 29.4 Å². The van der Waals surface area contributed by atoms with Gasteiger partial charge in [0.05, 0.1) is 11.3 Å². The minimum Gasteiger partial charge on any atom is -0.474 e. The van der Waals surface area contributed by atoms with E-state index in [0.717, 1.165) is 5.56 Å². The Bertz CT molecular complexity index is 965. The molecule has 1 saturated heterocycles. The first-order valence-electron chi connectivity index (χ1n) is 9.33. The molecule has 2 aliphatic rings. The zero-order valence-electron chi connectivity index (χ0n) is 15.9. The Morgan fingerprint density at radius 1 is 1.28 bits per heavy atom. The number of halogens is 1. The molecule has 1 aromatic heterocycles. The number of likely N-dealkylation sites (tertiary alicyclic amines) is 1. The number of nitrogens with zero attached hydrogens (tertiary/aromatic N) is 4. The molecule has 0 radical (unpaired) electrons. The molecule has 4 rings (SSSR count). The van der Waals surface area contributed by atoms with E-state index >= 15 is 0 Å². The van der Waals surface area contributed by atoms with Gasteiger partial charge in [0, 0.05) is 54.4 Å². The number of benzene rings is 1. The maximum Gasteiger partial charge on any atom is 0.407 e. The van der Waals surface area contributed by atoms with Crippen molar-refractivity contribution in [3.63, 3.8) is 0 Å². The van der Waals surface area contributed by atoms with E-state index < -0.39 is 22.7 Å². The van der Waals surface area contributed by atoms with Crippen LogP contribution in [0.2, 0.25) is 0 Å². The lowest BCUT2D eigenvalue weighted by Crippen LogP contribution is -2.41. The van der Waals surface area contributed by atoms with E-state index in [1.165, 1.54) is 23.5 Å². The number of piperidine rings is 1. The van der Waals surface area contributed by atoms with Crippen LogP contribution in [0.5, 0.6) is 5.88 Å². The number of carbonyl (C=O) groups is 1. The van der Waals surface area contributed by atoms with Crippen LogP contribution in [-0.4, -0.2) is 62.3 Å². The summed E-state index contributed by atoms with van der Waals surface area (Å²) >= 11 is 0. The minimum atomic E-state index is -1.25. The van der Waals surface area contributed by atoms with Gasteiger partial charge in [-0.15, -0.1) is 0 Å².